The SMILES string of the molecule is O=C(Nc1ccc2oc(=O)[nH]c2c1)c1ccc(-c2ccccc2F)o1. The molecule has 0 aliphatic heterocycles. The lowest BCUT2D eigenvalue weighted by Gasteiger charge is -2.03. The van der Waals surface area contributed by atoms with Crippen molar-refractivity contribution in [2.45, 2.75) is 0 Å². The second-order valence-corrected chi connectivity index (χ2v) is 5.32. The highest BCUT2D eigenvalue weighted by molar-refractivity contribution is 6.03. The Morgan fingerprint density at radius 3 is 2.72 bits per heavy atom. The quantitative estimate of drug-likeness (QED) is 0.595. The molecule has 25 heavy (non-hydrogen) atoms. The predicted molar refractivity (Wildman–Crippen MR) is 88.9 cm³/mol. The third kappa shape index (κ3) is 2.83. The molecule has 0 unspecified atom stereocenters. The standard InChI is InChI=1S/C18H11FN2O4/c19-12-4-2-1-3-11(12)14-7-8-16(24-14)17(22)20-10-5-6-15-13(9-10)21-18(23)25-15/h1-9H,(H,20,22)(H,21,23). The maximum absolute atomic E-state index is 13.8. The van der Waals surface area contributed by atoms with Crippen molar-refractivity contribution >= 4 is 22.7 Å². The fraction of sp³-hybridized carbons (Fsp3) is 0. The number of anilines is 1. The first-order chi connectivity index (χ1) is 12.1. The van der Waals surface area contributed by atoms with Crippen molar-refractivity contribution in [2.24, 2.45) is 0 Å². The van der Waals surface area contributed by atoms with Crippen LogP contribution in [0.5, 0.6) is 0 Å². The molecular weight excluding hydrogens is 327 g/mol. The molecule has 2 aromatic carbocycles. The maximum atomic E-state index is 13.8. The van der Waals surface area contributed by atoms with Gasteiger partial charge in [0.1, 0.15) is 11.6 Å². The van der Waals surface area contributed by atoms with Gasteiger partial charge in [-0.3, -0.25) is 9.78 Å². The monoisotopic (exact) mass is 338 g/mol. The lowest BCUT2D eigenvalue weighted by atomic mass is 10.1. The molecule has 7 heteroatoms. The second-order valence-electron chi connectivity index (χ2n) is 5.32. The zero-order valence-corrected chi connectivity index (χ0v) is 12.7. The molecule has 0 atom stereocenters. The molecule has 0 spiro atoms. The van der Waals surface area contributed by atoms with Crippen molar-refractivity contribution < 1.29 is 18.0 Å². The van der Waals surface area contributed by atoms with Crippen LogP contribution in [0.2, 0.25) is 0 Å². The van der Waals surface area contributed by atoms with Crippen LogP contribution >= 0.6 is 0 Å². The summed E-state index contributed by atoms with van der Waals surface area (Å²) in [6, 6.07) is 13.9. The average molecular weight is 338 g/mol. The molecule has 2 N–H and O–H groups in total. The van der Waals surface area contributed by atoms with E-state index in [2.05, 4.69) is 10.3 Å². The van der Waals surface area contributed by atoms with E-state index in [0.29, 0.717) is 16.8 Å². The molecule has 2 aromatic heterocycles. The summed E-state index contributed by atoms with van der Waals surface area (Å²) < 4.78 is 24.1. The van der Waals surface area contributed by atoms with Crippen LogP contribution < -0.4 is 11.1 Å². The molecule has 0 bridgehead atoms. The Morgan fingerprint density at radius 1 is 1.04 bits per heavy atom. The molecule has 0 saturated heterocycles. The summed E-state index contributed by atoms with van der Waals surface area (Å²) in [6.07, 6.45) is 0. The van der Waals surface area contributed by atoms with Crippen LogP contribution in [0, 0.1) is 5.82 Å². The first-order valence-corrected chi connectivity index (χ1v) is 7.39. The van der Waals surface area contributed by atoms with Crippen LogP contribution in [-0.2, 0) is 0 Å². The van der Waals surface area contributed by atoms with Gasteiger partial charge in [-0.05, 0) is 42.5 Å². The summed E-state index contributed by atoms with van der Waals surface area (Å²) in [6.45, 7) is 0. The molecule has 0 aliphatic rings. The minimum atomic E-state index is -0.570. The van der Waals surface area contributed by atoms with E-state index in [1.807, 2.05) is 0 Å². The zero-order valence-electron chi connectivity index (χ0n) is 12.7. The number of carbonyl (C=O) groups excluding carboxylic acids is 1. The number of aromatic amines is 1. The van der Waals surface area contributed by atoms with Crippen molar-refractivity contribution in [1.82, 2.24) is 4.98 Å². The van der Waals surface area contributed by atoms with Crippen molar-refractivity contribution in [3.63, 3.8) is 0 Å². The smallest absolute Gasteiger partial charge is 0.417 e. The Labute approximate surface area is 139 Å². The number of H-pyrrole nitrogens is 1. The number of benzene rings is 2. The third-order valence-corrected chi connectivity index (χ3v) is 3.65. The van der Waals surface area contributed by atoms with E-state index in [-0.39, 0.29) is 17.1 Å². The fourth-order valence-corrected chi connectivity index (χ4v) is 2.49. The number of nitrogens with one attached hydrogen (secondary N) is 2. The van der Waals surface area contributed by atoms with Crippen LogP contribution in [0.25, 0.3) is 22.4 Å². The Morgan fingerprint density at radius 2 is 1.88 bits per heavy atom. The van der Waals surface area contributed by atoms with Crippen LogP contribution in [-0.4, -0.2) is 10.9 Å². The van der Waals surface area contributed by atoms with E-state index in [4.69, 9.17) is 8.83 Å². The number of hydrogen-bond donors (Lipinski definition) is 2. The van der Waals surface area contributed by atoms with Crippen molar-refractivity contribution in [3.05, 3.63) is 76.7 Å². The molecule has 6 nitrogen and oxygen atoms in total. The lowest BCUT2D eigenvalue weighted by Crippen LogP contribution is -2.10. The van der Waals surface area contributed by atoms with Crippen molar-refractivity contribution in [1.29, 1.82) is 0 Å². The highest BCUT2D eigenvalue weighted by atomic mass is 19.1. The van der Waals surface area contributed by atoms with Crippen LogP contribution in [0.3, 0.4) is 0 Å². The Kier molecular flexibility index (Phi) is 3.46. The van der Waals surface area contributed by atoms with Crippen molar-refractivity contribution in [2.75, 3.05) is 5.32 Å². The minimum Gasteiger partial charge on any atom is -0.451 e. The first kappa shape index (κ1) is 14.9. The number of halogens is 1. The molecule has 1 amide bonds. The van der Waals surface area contributed by atoms with Gasteiger partial charge in [0.2, 0.25) is 0 Å². The van der Waals surface area contributed by atoms with Gasteiger partial charge in [-0.2, -0.15) is 0 Å². The highest BCUT2D eigenvalue weighted by Crippen LogP contribution is 2.25. The number of hydrogen-bond acceptors (Lipinski definition) is 4. The molecule has 0 fully saturated rings. The zero-order chi connectivity index (χ0) is 17.4. The van der Waals surface area contributed by atoms with Crippen LogP contribution in [0.15, 0.2) is 68.2 Å². The van der Waals surface area contributed by atoms with E-state index < -0.39 is 17.5 Å². The van der Waals surface area contributed by atoms with E-state index >= 15 is 0 Å². The Balaban J connectivity index is 1.58. The average Bonchev–Trinajstić information content (AvgIpc) is 3.20. The summed E-state index contributed by atoms with van der Waals surface area (Å²) >= 11 is 0. The van der Waals surface area contributed by atoms with Gasteiger partial charge in [-0.1, -0.05) is 12.1 Å². The number of fused-ring (bicyclic) bond motifs is 1. The van der Waals surface area contributed by atoms with Gasteiger partial charge >= 0.3 is 5.76 Å². The summed E-state index contributed by atoms with van der Waals surface area (Å²) in [5, 5.41) is 2.65. The number of oxazole rings is 1. The molecule has 4 aromatic rings. The largest absolute Gasteiger partial charge is 0.451 e. The van der Waals surface area contributed by atoms with Gasteiger partial charge in [-0.25, -0.2) is 9.18 Å². The Hall–Kier alpha value is -3.61. The maximum Gasteiger partial charge on any atom is 0.417 e. The topological polar surface area (TPSA) is 88.2 Å². The number of furan rings is 1. The highest BCUT2D eigenvalue weighted by Gasteiger charge is 2.15. The second kappa shape index (κ2) is 5.79. The lowest BCUT2D eigenvalue weighted by molar-refractivity contribution is 0.0997. The number of rotatable bonds is 3. The summed E-state index contributed by atoms with van der Waals surface area (Å²) in [5.74, 6) is -1.19. The van der Waals surface area contributed by atoms with Gasteiger partial charge in [0.15, 0.2) is 11.3 Å². The van der Waals surface area contributed by atoms with Crippen LogP contribution in [0.1, 0.15) is 10.6 Å². The van der Waals surface area contributed by atoms with Gasteiger partial charge < -0.3 is 14.2 Å². The number of amides is 1. The molecule has 0 radical (unpaired) electrons. The summed E-state index contributed by atoms with van der Waals surface area (Å²) in [5.41, 5.74) is 1.59. The minimum absolute atomic E-state index is 0.0408. The summed E-state index contributed by atoms with van der Waals surface area (Å²) in [4.78, 5) is 25.9. The van der Waals surface area contributed by atoms with Crippen LogP contribution in [0.4, 0.5) is 10.1 Å². The number of aromatic nitrogens is 1. The molecule has 4 rings (SSSR count). The molecule has 0 aliphatic carbocycles. The molecule has 2 heterocycles. The predicted octanol–water partition coefficient (Wildman–Crippen LogP) is 3.77. The van der Waals surface area contributed by atoms with E-state index in [9.17, 15) is 14.0 Å². The molecule has 0 saturated carbocycles. The van der Waals surface area contributed by atoms with Gasteiger partial charge in [0.25, 0.3) is 5.91 Å². The van der Waals surface area contributed by atoms with E-state index in [0.717, 1.165) is 0 Å². The molecule has 124 valence electrons. The van der Waals surface area contributed by atoms with Gasteiger partial charge in [-0.15, -0.1) is 0 Å². The summed E-state index contributed by atoms with van der Waals surface area (Å²) in [7, 11) is 0. The first-order valence-electron chi connectivity index (χ1n) is 7.39. The fourth-order valence-electron chi connectivity index (χ4n) is 2.49. The Bertz CT molecular complexity index is 1140. The normalized spacial score (nSPS) is 10.9. The third-order valence-electron chi connectivity index (χ3n) is 3.65. The number of carbonyl (C=O) groups is 1. The molecular formula is C18H11FN2O4. The van der Waals surface area contributed by atoms with E-state index in [1.165, 1.54) is 18.2 Å². The van der Waals surface area contributed by atoms with Gasteiger partial charge in [0.05, 0.1) is 11.1 Å². The van der Waals surface area contributed by atoms with Crippen molar-refractivity contribution in [3.8, 4) is 11.3 Å². The van der Waals surface area contributed by atoms with E-state index in [1.54, 1.807) is 36.4 Å². The van der Waals surface area contributed by atoms with Gasteiger partial charge in [0, 0.05) is 5.69 Å².